The second-order valence-corrected chi connectivity index (χ2v) is 6.20. The molecule has 0 spiro atoms. The van der Waals surface area contributed by atoms with Gasteiger partial charge in [-0.15, -0.1) is 0 Å². The zero-order valence-electron chi connectivity index (χ0n) is 15.4. The van der Waals surface area contributed by atoms with Crippen LogP contribution in [0.3, 0.4) is 0 Å². The second kappa shape index (κ2) is 10.6. The first kappa shape index (κ1) is 19.9. The predicted molar refractivity (Wildman–Crippen MR) is 100 cm³/mol. The van der Waals surface area contributed by atoms with Crippen molar-refractivity contribution in [2.24, 2.45) is 0 Å². The fourth-order valence-corrected chi connectivity index (χ4v) is 2.42. The lowest BCUT2D eigenvalue weighted by molar-refractivity contribution is 0.288. The molecule has 2 aromatic rings. The van der Waals surface area contributed by atoms with E-state index in [2.05, 4.69) is 23.7 Å². The third-order valence-corrected chi connectivity index (χ3v) is 4.02. The van der Waals surface area contributed by atoms with Gasteiger partial charge in [-0.1, -0.05) is 45.1 Å². The Bertz CT molecular complexity index is 760. The van der Waals surface area contributed by atoms with Crippen LogP contribution in [0.15, 0.2) is 30.5 Å². The molecule has 4 heteroatoms. The van der Waals surface area contributed by atoms with Crippen LogP contribution in [-0.2, 0) is 6.42 Å². The van der Waals surface area contributed by atoms with E-state index in [-0.39, 0.29) is 11.3 Å². The lowest BCUT2D eigenvalue weighted by Crippen LogP contribution is -2.01. The van der Waals surface area contributed by atoms with E-state index in [1.807, 2.05) is 19.1 Å². The van der Waals surface area contributed by atoms with Crippen LogP contribution in [0.4, 0.5) is 8.78 Å². The third-order valence-electron chi connectivity index (χ3n) is 4.02. The van der Waals surface area contributed by atoms with Crippen LogP contribution in [0.1, 0.15) is 62.8 Å². The van der Waals surface area contributed by atoms with Crippen LogP contribution in [-0.4, -0.2) is 11.6 Å². The number of pyridine rings is 1. The van der Waals surface area contributed by atoms with Crippen LogP contribution in [0.25, 0.3) is 0 Å². The van der Waals surface area contributed by atoms with E-state index in [0.717, 1.165) is 31.2 Å². The normalized spacial score (nSPS) is 10.3. The van der Waals surface area contributed by atoms with Gasteiger partial charge in [-0.2, -0.15) is 4.39 Å². The predicted octanol–water partition coefficient (Wildman–Crippen LogP) is 5.67. The summed E-state index contributed by atoms with van der Waals surface area (Å²) in [5.41, 5.74) is 1.70. The molecule has 0 amide bonds. The highest BCUT2D eigenvalue weighted by Gasteiger charge is 2.13. The van der Waals surface area contributed by atoms with E-state index in [1.54, 1.807) is 6.20 Å². The van der Waals surface area contributed by atoms with Gasteiger partial charge in [-0.05, 0) is 48.9 Å². The Kier molecular flexibility index (Phi) is 8.08. The van der Waals surface area contributed by atoms with Crippen molar-refractivity contribution in [1.82, 2.24) is 4.98 Å². The van der Waals surface area contributed by atoms with Crippen molar-refractivity contribution < 1.29 is 13.5 Å². The van der Waals surface area contributed by atoms with Crippen molar-refractivity contribution in [3.63, 3.8) is 0 Å². The molecule has 2 rings (SSSR count). The summed E-state index contributed by atoms with van der Waals surface area (Å²) < 4.78 is 33.4. The average Bonchev–Trinajstić information content (AvgIpc) is 2.66. The number of aromatic nitrogens is 1. The summed E-state index contributed by atoms with van der Waals surface area (Å²) in [7, 11) is 0. The second-order valence-electron chi connectivity index (χ2n) is 6.20. The molecule has 1 aromatic heterocycles. The Morgan fingerprint density at radius 1 is 0.923 bits per heavy atom. The lowest BCUT2D eigenvalue weighted by Gasteiger charge is -2.07. The Balaban J connectivity index is 2.06. The first-order chi connectivity index (χ1) is 12.7. The topological polar surface area (TPSA) is 22.1 Å². The van der Waals surface area contributed by atoms with Gasteiger partial charge >= 0.3 is 0 Å². The minimum Gasteiger partial charge on any atom is -0.490 e. The number of ether oxygens (including phenoxy) is 1. The van der Waals surface area contributed by atoms with E-state index in [4.69, 9.17) is 4.74 Å². The molecule has 0 saturated carbocycles. The maximum atomic E-state index is 14.1. The standard InChI is InChI=1S/C22H25F2NO/c1-3-5-7-8-17-9-12-19(25-16-17)13-10-18-11-14-20(22(24)21(18)23)26-15-6-4-2/h9,11-12,14,16H,3-8,15H2,1-2H3. The van der Waals surface area contributed by atoms with Gasteiger partial charge in [-0.3, -0.25) is 0 Å². The smallest absolute Gasteiger partial charge is 0.201 e. The molecule has 2 nitrogen and oxygen atoms in total. The fourth-order valence-electron chi connectivity index (χ4n) is 2.42. The Morgan fingerprint density at radius 2 is 1.73 bits per heavy atom. The highest BCUT2D eigenvalue weighted by atomic mass is 19.2. The molecule has 1 aromatic carbocycles. The summed E-state index contributed by atoms with van der Waals surface area (Å²) >= 11 is 0. The number of hydrogen-bond acceptors (Lipinski definition) is 2. The number of hydrogen-bond donors (Lipinski definition) is 0. The van der Waals surface area contributed by atoms with E-state index >= 15 is 0 Å². The zero-order valence-corrected chi connectivity index (χ0v) is 15.4. The van der Waals surface area contributed by atoms with Crippen LogP contribution >= 0.6 is 0 Å². The van der Waals surface area contributed by atoms with Gasteiger partial charge in [0.1, 0.15) is 5.69 Å². The molecule has 0 aliphatic carbocycles. The summed E-state index contributed by atoms with van der Waals surface area (Å²) in [6, 6.07) is 6.65. The number of benzene rings is 1. The molecule has 0 fully saturated rings. The minimum atomic E-state index is -0.993. The molecular formula is C22H25F2NO. The Labute approximate surface area is 154 Å². The number of rotatable bonds is 8. The molecular weight excluding hydrogens is 332 g/mol. The van der Waals surface area contributed by atoms with Crippen LogP contribution in [0.5, 0.6) is 5.75 Å². The van der Waals surface area contributed by atoms with Gasteiger partial charge in [0.15, 0.2) is 11.6 Å². The maximum absolute atomic E-state index is 14.1. The molecule has 0 radical (unpaired) electrons. The van der Waals surface area contributed by atoms with Gasteiger partial charge in [0.25, 0.3) is 0 Å². The van der Waals surface area contributed by atoms with Crippen LogP contribution in [0, 0.1) is 23.5 Å². The molecule has 0 atom stereocenters. The average molecular weight is 357 g/mol. The first-order valence-electron chi connectivity index (χ1n) is 9.23. The third kappa shape index (κ3) is 5.84. The number of nitrogens with zero attached hydrogens (tertiary/aromatic N) is 1. The first-order valence-corrected chi connectivity index (χ1v) is 9.23. The van der Waals surface area contributed by atoms with Crippen molar-refractivity contribution in [3.8, 4) is 17.6 Å². The van der Waals surface area contributed by atoms with Crippen LogP contribution < -0.4 is 4.74 Å². The van der Waals surface area contributed by atoms with Crippen molar-refractivity contribution >= 4 is 0 Å². The van der Waals surface area contributed by atoms with Crippen LogP contribution in [0.2, 0.25) is 0 Å². The largest absolute Gasteiger partial charge is 0.490 e. The summed E-state index contributed by atoms with van der Waals surface area (Å²) in [5.74, 6) is 3.39. The van der Waals surface area contributed by atoms with Gasteiger partial charge < -0.3 is 4.74 Å². The van der Waals surface area contributed by atoms with Gasteiger partial charge in [0.2, 0.25) is 5.82 Å². The zero-order chi connectivity index (χ0) is 18.8. The summed E-state index contributed by atoms with van der Waals surface area (Å²) in [5, 5.41) is 0. The summed E-state index contributed by atoms with van der Waals surface area (Å²) in [4.78, 5) is 4.28. The molecule has 0 aliphatic rings. The molecule has 138 valence electrons. The molecule has 0 bridgehead atoms. The number of aryl methyl sites for hydroxylation is 1. The lowest BCUT2D eigenvalue weighted by atomic mass is 10.1. The maximum Gasteiger partial charge on any atom is 0.201 e. The van der Waals surface area contributed by atoms with E-state index in [0.29, 0.717) is 12.3 Å². The van der Waals surface area contributed by atoms with Crippen molar-refractivity contribution in [2.75, 3.05) is 6.61 Å². The molecule has 0 aliphatic heterocycles. The quantitative estimate of drug-likeness (QED) is 0.448. The summed E-state index contributed by atoms with van der Waals surface area (Å²) in [6.07, 6.45) is 8.03. The molecule has 0 unspecified atom stereocenters. The summed E-state index contributed by atoms with van der Waals surface area (Å²) in [6.45, 7) is 4.54. The molecule has 0 N–H and O–H groups in total. The van der Waals surface area contributed by atoms with E-state index in [1.165, 1.54) is 25.0 Å². The van der Waals surface area contributed by atoms with E-state index < -0.39 is 11.6 Å². The van der Waals surface area contributed by atoms with E-state index in [9.17, 15) is 8.78 Å². The van der Waals surface area contributed by atoms with Crippen molar-refractivity contribution in [3.05, 3.63) is 58.9 Å². The SMILES string of the molecule is CCCCCc1ccc(C#Cc2ccc(OCCCC)c(F)c2F)nc1. The number of unbranched alkanes of at least 4 members (excludes halogenated alkanes) is 3. The van der Waals surface area contributed by atoms with Gasteiger partial charge in [-0.25, -0.2) is 9.37 Å². The highest BCUT2D eigenvalue weighted by Crippen LogP contribution is 2.22. The Morgan fingerprint density at radius 3 is 2.42 bits per heavy atom. The fraction of sp³-hybridized carbons (Fsp3) is 0.409. The van der Waals surface area contributed by atoms with Gasteiger partial charge in [0.05, 0.1) is 12.2 Å². The molecule has 26 heavy (non-hydrogen) atoms. The highest BCUT2D eigenvalue weighted by molar-refractivity contribution is 5.44. The molecule has 0 saturated heterocycles. The minimum absolute atomic E-state index is 0.000774. The Hall–Kier alpha value is -2.41. The van der Waals surface area contributed by atoms with Crippen molar-refractivity contribution in [2.45, 2.75) is 52.4 Å². The molecule has 1 heterocycles. The number of halogens is 2. The van der Waals surface area contributed by atoms with Crippen molar-refractivity contribution in [1.29, 1.82) is 0 Å². The monoisotopic (exact) mass is 357 g/mol. The van der Waals surface area contributed by atoms with Gasteiger partial charge in [0, 0.05) is 6.20 Å².